The Morgan fingerprint density at radius 2 is 1.84 bits per heavy atom. The van der Waals surface area contributed by atoms with Crippen LogP contribution in [0.1, 0.15) is 11.1 Å². The van der Waals surface area contributed by atoms with E-state index in [1.807, 2.05) is 24.3 Å². The molecular weight excluding hydrogens is 480 g/mol. The lowest BCUT2D eigenvalue weighted by molar-refractivity contribution is -0.112. The number of anilines is 1. The third-order valence-electron chi connectivity index (χ3n) is 4.29. The van der Waals surface area contributed by atoms with Crippen LogP contribution in [-0.4, -0.2) is 13.0 Å². The second kappa shape index (κ2) is 10.7. The molecule has 0 aromatic heterocycles. The van der Waals surface area contributed by atoms with Crippen molar-refractivity contribution in [2.24, 2.45) is 0 Å². The van der Waals surface area contributed by atoms with E-state index < -0.39 is 5.91 Å². The van der Waals surface area contributed by atoms with Crippen LogP contribution in [0.3, 0.4) is 0 Å². The van der Waals surface area contributed by atoms with Crippen molar-refractivity contribution in [1.29, 1.82) is 5.26 Å². The molecule has 0 saturated heterocycles. The maximum Gasteiger partial charge on any atom is 0.266 e. The lowest BCUT2D eigenvalue weighted by atomic mass is 10.1. The largest absolute Gasteiger partial charge is 0.493 e. The highest BCUT2D eigenvalue weighted by molar-refractivity contribution is 9.10. The molecule has 5 nitrogen and oxygen atoms in total. The molecule has 1 amide bonds. The summed E-state index contributed by atoms with van der Waals surface area (Å²) in [6.45, 7) is 0.331. The maximum atomic E-state index is 12.5. The van der Waals surface area contributed by atoms with Gasteiger partial charge in [0.1, 0.15) is 18.2 Å². The molecule has 0 aliphatic heterocycles. The third kappa shape index (κ3) is 6.11. The topological polar surface area (TPSA) is 71.3 Å². The second-order valence-electron chi connectivity index (χ2n) is 6.43. The Morgan fingerprint density at radius 3 is 2.48 bits per heavy atom. The van der Waals surface area contributed by atoms with Gasteiger partial charge >= 0.3 is 0 Å². The zero-order valence-electron chi connectivity index (χ0n) is 16.6. The summed E-state index contributed by atoms with van der Waals surface area (Å²) in [4.78, 5) is 12.5. The van der Waals surface area contributed by atoms with Crippen LogP contribution in [0.4, 0.5) is 5.69 Å². The van der Waals surface area contributed by atoms with Gasteiger partial charge in [0.2, 0.25) is 0 Å². The monoisotopic (exact) mass is 496 g/mol. The second-order valence-corrected chi connectivity index (χ2v) is 7.72. The van der Waals surface area contributed by atoms with Crippen LogP contribution in [0.2, 0.25) is 5.02 Å². The van der Waals surface area contributed by atoms with Gasteiger partial charge < -0.3 is 14.8 Å². The van der Waals surface area contributed by atoms with Gasteiger partial charge in [-0.3, -0.25) is 4.79 Å². The van der Waals surface area contributed by atoms with Crippen LogP contribution < -0.4 is 14.8 Å². The van der Waals surface area contributed by atoms with Gasteiger partial charge in [0.25, 0.3) is 5.91 Å². The molecule has 0 fully saturated rings. The Morgan fingerprint density at radius 1 is 1.13 bits per heavy atom. The van der Waals surface area contributed by atoms with Gasteiger partial charge in [0.05, 0.1) is 7.11 Å². The number of methoxy groups -OCH3 is 1. The minimum absolute atomic E-state index is 0.0403. The molecule has 0 spiro atoms. The highest BCUT2D eigenvalue weighted by Gasteiger charge is 2.14. The summed E-state index contributed by atoms with van der Waals surface area (Å²) in [5.74, 6) is 0.500. The third-order valence-corrected chi connectivity index (χ3v) is 5.23. The Labute approximate surface area is 194 Å². The number of ether oxygens (including phenoxy) is 2. The smallest absolute Gasteiger partial charge is 0.266 e. The number of hydrogen-bond acceptors (Lipinski definition) is 4. The summed E-state index contributed by atoms with van der Waals surface area (Å²) < 4.78 is 12.0. The number of hydrogen-bond donors (Lipinski definition) is 1. The fourth-order valence-corrected chi connectivity index (χ4v) is 3.26. The van der Waals surface area contributed by atoms with Gasteiger partial charge in [-0.2, -0.15) is 5.26 Å². The van der Waals surface area contributed by atoms with E-state index >= 15 is 0 Å². The maximum absolute atomic E-state index is 12.5. The zero-order chi connectivity index (χ0) is 22.2. The van der Waals surface area contributed by atoms with Gasteiger partial charge in [-0.1, -0.05) is 57.9 Å². The van der Waals surface area contributed by atoms with E-state index in [1.54, 1.807) is 48.5 Å². The van der Waals surface area contributed by atoms with Crippen LogP contribution >= 0.6 is 27.5 Å². The number of amides is 1. The van der Waals surface area contributed by atoms with Crippen molar-refractivity contribution in [3.63, 3.8) is 0 Å². The molecule has 1 N–H and O–H groups in total. The molecule has 0 heterocycles. The number of carbonyl (C=O) groups excluding carboxylic acids is 1. The van der Waals surface area contributed by atoms with E-state index in [0.29, 0.717) is 38.9 Å². The van der Waals surface area contributed by atoms with Crippen LogP contribution in [0.25, 0.3) is 6.08 Å². The first-order valence-electron chi connectivity index (χ1n) is 9.23. The first-order valence-corrected chi connectivity index (χ1v) is 10.4. The Kier molecular flexibility index (Phi) is 7.71. The normalized spacial score (nSPS) is 10.8. The van der Waals surface area contributed by atoms with Crippen LogP contribution in [0.15, 0.2) is 76.8 Å². The molecule has 0 radical (unpaired) electrons. The average molecular weight is 498 g/mol. The first-order chi connectivity index (χ1) is 15.0. The quantitative estimate of drug-likeness (QED) is 0.310. The van der Waals surface area contributed by atoms with Crippen molar-refractivity contribution in [2.75, 3.05) is 12.4 Å². The average Bonchev–Trinajstić information content (AvgIpc) is 2.78. The summed E-state index contributed by atoms with van der Waals surface area (Å²) in [5.41, 5.74) is 2.13. The highest BCUT2D eigenvalue weighted by Crippen LogP contribution is 2.35. The first kappa shape index (κ1) is 22.4. The summed E-state index contributed by atoms with van der Waals surface area (Å²) in [6.07, 6.45) is 1.49. The molecule has 0 aliphatic carbocycles. The molecule has 7 heteroatoms. The number of rotatable bonds is 7. The molecular formula is C24H18BrClN2O3. The predicted molar refractivity (Wildman–Crippen MR) is 125 cm³/mol. The summed E-state index contributed by atoms with van der Waals surface area (Å²) in [6, 6.07) is 21.7. The molecule has 3 aromatic rings. The van der Waals surface area contributed by atoms with Gasteiger partial charge in [0.15, 0.2) is 11.5 Å². The summed E-state index contributed by atoms with van der Waals surface area (Å²) in [5, 5.41) is 12.8. The van der Waals surface area contributed by atoms with Gasteiger partial charge in [-0.25, -0.2) is 0 Å². The number of nitriles is 1. The van der Waals surface area contributed by atoms with Gasteiger partial charge in [-0.15, -0.1) is 0 Å². The number of para-hydroxylation sites is 1. The fraction of sp³-hybridized carbons (Fsp3) is 0.0833. The van der Waals surface area contributed by atoms with Crippen molar-refractivity contribution < 1.29 is 14.3 Å². The van der Waals surface area contributed by atoms with E-state index in [1.165, 1.54) is 13.2 Å². The van der Waals surface area contributed by atoms with Crippen LogP contribution in [0.5, 0.6) is 11.5 Å². The highest BCUT2D eigenvalue weighted by atomic mass is 79.9. The van der Waals surface area contributed by atoms with Gasteiger partial charge in [0, 0.05) is 15.2 Å². The molecule has 3 rings (SSSR count). The number of benzene rings is 3. The molecule has 0 atom stereocenters. The zero-order valence-corrected chi connectivity index (χ0v) is 18.9. The van der Waals surface area contributed by atoms with Crippen LogP contribution in [0, 0.1) is 11.3 Å². The van der Waals surface area contributed by atoms with E-state index in [0.717, 1.165) is 5.56 Å². The van der Waals surface area contributed by atoms with E-state index in [9.17, 15) is 10.1 Å². The number of nitrogens with one attached hydrogen (secondary N) is 1. The summed E-state index contributed by atoms with van der Waals surface area (Å²) in [7, 11) is 1.53. The number of halogens is 2. The van der Waals surface area contributed by atoms with Crippen molar-refractivity contribution in [2.45, 2.75) is 6.61 Å². The molecule has 31 heavy (non-hydrogen) atoms. The molecule has 3 aromatic carbocycles. The predicted octanol–water partition coefficient (Wildman–Crippen LogP) is 6.24. The number of nitrogens with zero attached hydrogens (tertiary/aromatic N) is 1. The van der Waals surface area contributed by atoms with Crippen molar-refractivity contribution in [1.82, 2.24) is 0 Å². The lowest BCUT2D eigenvalue weighted by Gasteiger charge is -2.13. The molecule has 156 valence electrons. The molecule has 0 aliphatic rings. The lowest BCUT2D eigenvalue weighted by Crippen LogP contribution is -2.13. The SMILES string of the molecule is COc1cc(/C=C(/C#N)C(=O)Nc2ccccc2)c(Br)cc1OCc1ccc(Cl)cc1. The van der Waals surface area contributed by atoms with E-state index in [2.05, 4.69) is 21.2 Å². The van der Waals surface area contributed by atoms with Crippen molar-refractivity contribution in [3.8, 4) is 17.6 Å². The molecule has 0 unspecified atom stereocenters. The van der Waals surface area contributed by atoms with E-state index in [4.69, 9.17) is 21.1 Å². The number of carbonyl (C=O) groups is 1. The van der Waals surface area contributed by atoms with Crippen molar-refractivity contribution >= 4 is 45.2 Å². The van der Waals surface area contributed by atoms with Gasteiger partial charge in [-0.05, 0) is 53.6 Å². The van der Waals surface area contributed by atoms with E-state index in [-0.39, 0.29) is 5.57 Å². The summed E-state index contributed by atoms with van der Waals surface area (Å²) >= 11 is 9.39. The standard InChI is InChI=1S/C24H18BrClN2O3/c1-30-22-12-17(11-18(14-27)24(29)28-20-5-3-2-4-6-20)21(25)13-23(22)31-15-16-7-9-19(26)10-8-16/h2-13H,15H2,1H3,(H,28,29)/b18-11-. The minimum Gasteiger partial charge on any atom is -0.493 e. The minimum atomic E-state index is -0.498. The molecule has 0 bridgehead atoms. The Hall–Kier alpha value is -3.27. The Balaban J connectivity index is 1.81. The van der Waals surface area contributed by atoms with Crippen molar-refractivity contribution in [3.05, 3.63) is 92.9 Å². The molecule has 0 saturated carbocycles. The Bertz CT molecular complexity index is 1140. The fourth-order valence-electron chi connectivity index (χ4n) is 2.70. The van der Waals surface area contributed by atoms with Crippen LogP contribution in [-0.2, 0) is 11.4 Å².